The highest BCUT2D eigenvalue weighted by molar-refractivity contribution is 5.79. The van der Waals surface area contributed by atoms with Crippen molar-refractivity contribution in [1.82, 2.24) is 24.9 Å². The normalized spacial score (nSPS) is 11.3. The van der Waals surface area contributed by atoms with Crippen LogP contribution in [-0.4, -0.2) is 25.5 Å². The van der Waals surface area contributed by atoms with Crippen molar-refractivity contribution in [1.29, 1.82) is 0 Å². The molecule has 6 nitrogen and oxygen atoms in total. The Morgan fingerprint density at radius 1 is 1.25 bits per heavy atom. The number of amides is 1. The van der Waals surface area contributed by atoms with Crippen LogP contribution in [-0.2, 0) is 17.9 Å². The van der Waals surface area contributed by atoms with Crippen molar-refractivity contribution in [2.45, 2.75) is 46.3 Å². The minimum Gasteiger partial charge on any atom is -0.352 e. The maximum Gasteiger partial charge on any atom is 0.222 e. The molecule has 0 aliphatic rings. The second-order valence-electron chi connectivity index (χ2n) is 6.24. The van der Waals surface area contributed by atoms with Crippen LogP contribution in [0.5, 0.6) is 0 Å². The summed E-state index contributed by atoms with van der Waals surface area (Å²) in [6.45, 7) is 7.28. The number of aromatic nitrogens is 4. The molecule has 2 aromatic heterocycles. The van der Waals surface area contributed by atoms with Crippen LogP contribution < -0.4 is 5.32 Å². The lowest BCUT2D eigenvalue weighted by Gasteiger charge is -2.06. The Morgan fingerprint density at radius 2 is 2.00 bits per heavy atom. The third kappa shape index (κ3) is 3.32. The number of carbonyl (C=O) groups excluding carboxylic acids is 1. The van der Waals surface area contributed by atoms with E-state index >= 15 is 0 Å². The van der Waals surface area contributed by atoms with Crippen molar-refractivity contribution in [3.8, 4) is 0 Å². The van der Waals surface area contributed by atoms with E-state index < -0.39 is 0 Å². The second kappa shape index (κ2) is 6.86. The molecule has 0 bridgehead atoms. The van der Waals surface area contributed by atoms with Gasteiger partial charge in [-0.3, -0.25) is 14.2 Å². The molecule has 24 heavy (non-hydrogen) atoms. The van der Waals surface area contributed by atoms with Gasteiger partial charge in [0.05, 0.1) is 18.4 Å². The Kier molecular flexibility index (Phi) is 4.64. The number of aryl methyl sites for hydroxylation is 2. The van der Waals surface area contributed by atoms with Gasteiger partial charge in [0.15, 0.2) is 0 Å². The number of carbonyl (C=O) groups is 1. The van der Waals surface area contributed by atoms with Crippen LogP contribution in [0.15, 0.2) is 36.5 Å². The van der Waals surface area contributed by atoms with Crippen LogP contribution in [0.1, 0.15) is 37.6 Å². The maximum atomic E-state index is 12.1. The van der Waals surface area contributed by atoms with E-state index in [0.717, 1.165) is 22.3 Å². The molecule has 0 spiro atoms. The van der Waals surface area contributed by atoms with Crippen molar-refractivity contribution < 1.29 is 4.79 Å². The van der Waals surface area contributed by atoms with E-state index in [9.17, 15) is 4.79 Å². The van der Waals surface area contributed by atoms with E-state index in [0.29, 0.717) is 19.5 Å². The molecule has 1 N–H and O–H groups in total. The minimum absolute atomic E-state index is 0.0245. The molecule has 2 heterocycles. The maximum absolute atomic E-state index is 12.1. The zero-order valence-electron chi connectivity index (χ0n) is 14.4. The summed E-state index contributed by atoms with van der Waals surface area (Å²) in [6.07, 6.45) is 2.23. The molecular formula is C18H23N5O. The smallest absolute Gasteiger partial charge is 0.222 e. The van der Waals surface area contributed by atoms with Crippen molar-refractivity contribution in [2.75, 3.05) is 0 Å². The van der Waals surface area contributed by atoms with Gasteiger partial charge in [-0.25, -0.2) is 0 Å². The molecule has 1 amide bonds. The van der Waals surface area contributed by atoms with Gasteiger partial charge < -0.3 is 5.32 Å². The summed E-state index contributed by atoms with van der Waals surface area (Å²) in [5, 5.41) is 11.9. The minimum atomic E-state index is 0.0245. The van der Waals surface area contributed by atoms with Gasteiger partial charge in [0.25, 0.3) is 0 Å². The summed E-state index contributed by atoms with van der Waals surface area (Å²) >= 11 is 0. The quantitative estimate of drug-likeness (QED) is 0.758. The Balaban J connectivity index is 1.62. The summed E-state index contributed by atoms with van der Waals surface area (Å²) in [7, 11) is 0. The number of hydrogen-bond acceptors (Lipinski definition) is 3. The van der Waals surface area contributed by atoms with Crippen LogP contribution in [0.3, 0.4) is 0 Å². The second-order valence-corrected chi connectivity index (χ2v) is 6.24. The molecular weight excluding hydrogens is 302 g/mol. The molecule has 126 valence electrons. The van der Waals surface area contributed by atoms with Crippen LogP contribution in [0.2, 0.25) is 0 Å². The highest BCUT2D eigenvalue weighted by Crippen LogP contribution is 2.21. The molecule has 0 fully saturated rings. The predicted molar refractivity (Wildman–Crippen MR) is 93.5 cm³/mol. The summed E-state index contributed by atoms with van der Waals surface area (Å²) < 4.78 is 3.85. The number of benzene rings is 1. The number of hydrogen-bond donors (Lipinski definition) is 1. The van der Waals surface area contributed by atoms with Crippen LogP contribution >= 0.6 is 0 Å². The topological polar surface area (TPSA) is 64.7 Å². The fourth-order valence-electron chi connectivity index (χ4n) is 2.83. The zero-order chi connectivity index (χ0) is 17.1. The lowest BCUT2D eigenvalue weighted by Crippen LogP contribution is -2.24. The van der Waals surface area contributed by atoms with Gasteiger partial charge in [-0.05, 0) is 26.3 Å². The van der Waals surface area contributed by atoms with Crippen molar-refractivity contribution in [3.63, 3.8) is 0 Å². The Bertz CT molecular complexity index is 832. The summed E-state index contributed by atoms with van der Waals surface area (Å²) in [4.78, 5) is 12.1. The highest BCUT2D eigenvalue weighted by atomic mass is 16.1. The monoisotopic (exact) mass is 325 g/mol. The zero-order valence-corrected chi connectivity index (χ0v) is 14.4. The molecule has 0 saturated heterocycles. The average Bonchev–Trinajstić information content (AvgIpc) is 3.13. The number of nitrogens with zero attached hydrogens (tertiary/aromatic N) is 4. The summed E-state index contributed by atoms with van der Waals surface area (Å²) in [5.74, 6) is 0.0245. The van der Waals surface area contributed by atoms with Gasteiger partial charge in [-0.2, -0.15) is 10.2 Å². The summed E-state index contributed by atoms with van der Waals surface area (Å²) in [5.41, 5.74) is 4.08. The van der Waals surface area contributed by atoms with Crippen LogP contribution in [0, 0.1) is 6.92 Å². The standard InChI is InChI=1S/C18H23N5O/c1-13(2)23-16-12-20-22(18(16)14(3)21-23)10-9-17(24)19-11-15-7-5-4-6-8-15/h4-8,12-13H,9-11H2,1-3H3,(H,19,24). The number of nitrogens with one attached hydrogen (secondary N) is 1. The predicted octanol–water partition coefficient (Wildman–Crippen LogP) is 2.83. The lowest BCUT2D eigenvalue weighted by atomic mass is 10.2. The van der Waals surface area contributed by atoms with Crippen molar-refractivity contribution >= 4 is 16.9 Å². The van der Waals surface area contributed by atoms with Gasteiger partial charge >= 0.3 is 0 Å². The molecule has 0 aliphatic carbocycles. The third-order valence-corrected chi connectivity index (χ3v) is 4.04. The molecule has 6 heteroatoms. The van der Waals surface area contributed by atoms with E-state index in [1.165, 1.54) is 0 Å². The highest BCUT2D eigenvalue weighted by Gasteiger charge is 2.15. The third-order valence-electron chi connectivity index (χ3n) is 4.04. The van der Waals surface area contributed by atoms with E-state index in [-0.39, 0.29) is 11.9 Å². The Morgan fingerprint density at radius 3 is 2.71 bits per heavy atom. The van der Waals surface area contributed by atoms with Crippen molar-refractivity contribution in [3.05, 3.63) is 47.8 Å². The first-order chi connectivity index (χ1) is 11.6. The molecule has 0 aliphatic heterocycles. The van der Waals surface area contributed by atoms with Crippen molar-refractivity contribution in [2.24, 2.45) is 0 Å². The molecule has 0 atom stereocenters. The summed E-state index contributed by atoms with van der Waals surface area (Å²) in [6, 6.07) is 10.2. The van der Waals surface area contributed by atoms with Gasteiger partial charge in [-0.1, -0.05) is 30.3 Å². The number of fused-ring (bicyclic) bond motifs is 1. The van der Waals surface area contributed by atoms with Gasteiger partial charge in [0.1, 0.15) is 11.0 Å². The first kappa shape index (κ1) is 16.2. The van der Waals surface area contributed by atoms with E-state index in [4.69, 9.17) is 0 Å². The van der Waals surface area contributed by atoms with Crippen LogP contribution in [0.25, 0.3) is 11.0 Å². The fourth-order valence-corrected chi connectivity index (χ4v) is 2.83. The SMILES string of the molecule is Cc1nn(C(C)C)c2cnn(CCC(=O)NCc3ccccc3)c12. The lowest BCUT2D eigenvalue weighted by molar-refractivity contribution is -0.121. The number of rotatable bonds is 6. The Hall–Kier alpha value is -2.63. The largest absolute Gasteiger partial charge is 0.352 e. The molecule has 0 saturated carbocycles. The van der Waals surface area contributed by atoms with Gasteiger partial charge in [-0.15, -0.1) is 0 Å². The first-order valence-corrected chi connectivity index (χ1v) is 8.27. The van der Waals surface area contributed by atoms with E-state index in [1.807, 2.05) is 52.8 Å². The fraction of sp³-hybridized carbons (Fsp3) is 0.389. The van der Waals surface area contributed by atoms with Gasteiger partial charge in [0, 0.05) is 19.0 Å². The molecule has 0 radical (unpaired) electrons. The van der Waals surface area contributed by atoms with E-state index in [1.54, 1.807) is 0 Å². The van der Waals surface area contributed by atoms with Gasteiger partial charge in [0.2, 0.25) is 5.91 Å². The molecule has 3 rings (SSSR count). The van der Waals surface area contributed by atoms with Crippen LogP contribution in [0.4, 0.5) is 0 Å². The van der Waals surface area contributed by atoms with E-state index in [2.05, 4.69) is 29.4 Å². The molecule has 0 unspecified atom stereocenters. The molecule has 1 aromatic carbocycles. The first-order valence-electron chi connectivity index (χ1n) is 8.27. The molecule has 3 aromatic rings. The average molecular weight is 325 g/mol. The Labute approximate surface area is 141 Å².